The molecule has 0 fully saturated rings. The van der Waals surface area contributed by atoms with E-state index in [1.54, 1.807) is 48.3 Å². The van der Waals surface area contributed by atoms with E-state index >= 15 is 0 Å². The van der Waals surface area contributed by atoms with Crippen molar-refractivity contribution in [2.24, 2.45) is 4.99 Å². The van der Waals surface area contributed by atoms with Gasteiger partial charge in [-0.25, -0.2) is 4.79 Å². The fraction of sp³-hybridized carbons (Fsp3) is 0.500. The lowest BCUT2D eigenvalue weighted by molar-refractivity contribution is -0.727. The van der Waals surface area contributed by atoms with Gasteiger partial charge in [0, 0.05) is 30.8 Å². The number of carbonyl (C=O) groups is 1. The quantitative estimate of drug-likeness (QED) is 0.0297. The van der Waals surface area contributed by atoms with E-state index in [0.29, 0.717) is 56.2 Å². The minimum atomic E-state index is -0.790. The topological polar surface area (TPSA) is 137 Å². The van der Waals surface area contributed by atoms with Gasteiger partial charge in [0.1, 0.15) is 12.4 Å². The van der Waals surface area contributed by atoms with Gasteiger partial charge in [0.15, 0.2) is 18.6 Å². The second-order valence-electron chi connectivity index (χ2n) is 8.50. The highest BCUT2D eigenvalue weighted by Crippen LogP contribution is 2.16. The van der Waals surface area contributed by atoms with Crippen LogP contribution in [-0.4, -0.2) is 72.0 Å². The van der Waals surface area contributed by atoms with Crippen LogP contribution in [0.25, 0.3) is 0 Å². The molecule has 0 radical (unpaired) electrons. The van der Waals surface area contributed by atoms with Crippen LogP contribution < -0.4 is 43.9 Å². The summed E-state index contributed by atoms with van der Waals surface area (Å²) in [5.41, 5.74) is 0.716. The van der Waals surface area contributed by atoms with Crippen molar-refractivity contribution < 1.29 is 61.8 Å². The van der Waals surface area contributed by atoms with Crippen molar-refractivity contribution in [1.82, 2.24) is 5.32 Å². The Labute approximate surface area is 269 Å². The number of hydrogen-bond acceptors (Lipinski definition) is 9. The standard InChI is InChI=1S/C28H38ClN5O7.HI/c1-36-16-17-37-18-19-38-20-21-40-28(35)41-23-34-13-10-25(11-14-34)33-27(32-22-30)31-12-4-2-3-5-15-39-26-8-6-24(29)7-9-26;/h6-11,13-14H,2-5,12,15-21,23H2,1H3,(H,31,32);1H. The molecule has 0 amide bonds. The van der Waals surface area contributed by atoms with Crippen molar-refractivity contribution in [3.63, 3.8) is 0 Å². The van der Waals surface area contributed by atoms with E-state index in [2.05, 4.69) is 15.6 Å². The van der Waals surface area contributed by atoms with Crippen molar-refractivity contribution in [3.05, 3.63) is 53.8 Å². The predicted octanol–water partition coefficient (Wildman–Crippen LogP) is 0.900. The molecular weight excluding hydrogens is 681 g/mol. The number of pyridine rings is 1. The second-order valence-corrected chi connectivity index (χ2v) is 8.94. The lowest BCUT2D eigenvalue weighted by Gasteiger charge is -2.08. The van der Waals surface area contributed by atoms with Crippen molar-refractivity contribution in [2.75, 3.05) is 65.2 Å². The van der Waals surface area contributed by atoms with Gasteiger partial charge in [-0.05, 0) is 43.5 Å². The predicted molar refractivity (Wildman–Crippen MR) is 153 cm³/mol. The van der Waals surface area contributed by atoms with Crippen LogP contribution in [0, 0.1) is 11.5 Å². The van der Waals surface area contributed by atoms with Crippen molar-refractivity contribution in [2.45, 2.75) is 32.4 Å². The summed E-state index contributed by atoms with van der Waals surface area (Å²) >= 11 is 5.87. The molecule has 2 aromatic rings. The van der Waals surface area contributed by atoms with Gasteiger partial charge in [-0.1, -0.05) is 18.0 Å². The number of benzene rings is 1. The number of ether oxygens (including phenoxy) is 6. The van der Waals surface area contributed by atoms with E-state index in [4.69, 9.17) is 45.3 Å². The Morgan fingerprint density at radius 1 is 0.905 bits per heavy atom. The number of aliphatic imine (C=N–C) groups is 1. The third-order valence-electron chi connectivity index (χ3n) is 5.32. The average Bonchev–Trinajstić information content (AvgIpc) is 2.98. The number of nitriles is 1. The number of nitrogens with one attached hydrogen (secondary N) is 2. The van der Waals surface area contributed by atoms with E-state index in [1.807, 2.05) is 18.3 Å². The molecule has 2 rings (SSSR count). The Hall–Kier alpha value is -2.90. The van der Waals surface area contributed by atoms with Gasteiger partial charge >= 0.3 is 6.16 Å². The normalized spacial score (nSPS) is 10.7. The van der Waals surface area contributed by atoms with Crippen LogP contribution in [0.2, 0.25) is 5.02 Å². The number of halogens is 2. The smallest absolute Gasteiger partial charge is 0.513 e. The van der Waals surface area contributed by atoms with Gasteiger partial charge in [0.05, 0.1) is 45.3 Å². The summed E-state index contributed by atoms with van der Waals surface area (Å²) in [7, 11) is 1.61. The van der Waals surface area contributed by atoms with Crippen molar-refractivity contribution in [1.29, 1.82) is 5.26 Å². The van der Waals surface area contributed by atoms with Crippen LogP contribution in [0.4, 0.5) is 10.5 Å². The fourth-order valence-electron chi connectivity index (χ4n) is 3.22. The van der Waals surface area contributed by atoms with Gasteiger partial charge < -0.3 is 57.7 Å². The van der Waals surface area contributed by atoms with Crippen LogP contribution in [0.3, 0.4) is 0 Å². The number of nitrogens with zero attached hydrogens (tertiary/aromatic N) is 3. The number of carbonyl (C=O) groups excluding carboxylic acids is 1. The number of guanidine groups is 1. The van der Waals surface area contributed by atoms with E-state index in [9.17, 15) is 4.79 Å². The maximum absolute atomic E-state index is 11.7. The first kappa shape index (κ1) is 37.1. The van der Waals surface area contributed by atoms with E-state index in [-0.39, 0.29) is 43.9 Å². The Morgan fingerprint density at radius 2 is 1.57 bits per heavy atom. The van der Waals surface area contributed by atoms with Crippen LogP contribution in [0.15, 0.2) is 53.8 Å². The van der Waals surface area contributed by atoms with Crippen LogP contribution in [-0.2, 0) is 30.4 Å². The third kappa shape index (κ3) is 18.5. The van der Waals surface area contributed by atoms with Gasteiger partial charge in [0.2, 0.25) is 5.96 Å². The lowest BCUT2D eigenvalue weighted by Crippen LogP contribution is -3.00. The molecule has 0 bridgehead atoms. The highest BCUT2D eigenvalue weighted by molar-refractivity contribution is 6.30. The highest BCUT2D eigenvalue weighted by atomic mass is 127. The molecule has 14 heteroatoms. The summed E-state index contributed by atoms with van der Waals surface area (Å²) in [6, 6.07) is 10.9. The Morgan fingerprint density at radius 3 is 2.26 bits per heavy atom. The van der Waals surface area contributed by atoms with Crippen molar-refractivity contribution in [3.8, 4) is 11.9 Å². The Kier molecular flexibility index (Phi) is 21.8. The number of aromatic nitrogens is 1. The Bertz CT molecular complexity index is 1060. The summed E-state index contributed by atoms with van der Waals surface area (Å²) < 4.78 is 32.8. The molecule has 2 N–H and O–H groups in total. The lowest BCUT2D eigenvalue weighted by atomic mass is 10.2. The fourth-order valence-corrected chi connectivity index (χ4v) is 3.35. The molecule has 0 aliphatic rings. The first-order chi connectivity index (χ1) is 20.1. The molecule has 12 nitrogen and oxygen atoms in total. The zero-order chi connectivity index (χ0) is 29.4. The van der Waals surface area contributed by atoms with Gasteiger partial charge in [-0.3, -0.25) is 10.3 Å². The average molecular weight is 720 g/mol. The number of methoxy groups -OCH3 is 1. The SMILES string of the molecule is COCCOCCOCCOC(=O)OC[n+]1ccc(NC(=NCCCCCCOc2ccc(Cl)cc2)NC#N)cc1.[I-]. The monoisotopic (exact) mass is 719 g/mol. The molecule has 1 heterocycles. The summed E-state index contributed by atoms with van der Waals surface area (Å²) in [6.45, 7) is 3.41. The van der Waals surface area contributed by atoms with Crippen LogP contribution in [0.1, 0.15) is 25.7 Å². The van der Waals surface area contributed by atoms with Gasteiger partial charge in [-0.2, -0.15) is 9.83 Å². The largest absolute Gasteiger partial charge is 1.00 e. The minimum absolute atomic E-state index is 0. The van der Waals surface area contributed by atoms with Crippen molar-refractivity contribution >= 4 is 29.4 Å². The molecule has 1 aromatic heterocycles. The summed E-state index contributed by atoms with van der Waals surface area (Å²) in [6.07, 6.45) is 8.39. The molecule has 232 valence electrons. The molecule has 0 unspecified atom stereocenters. The number of anilines is 1. The summed E-state index contributed by atoms with van der Waals surface area (Å²) in [5, 5.41) is 15.4. The molecule has 0 saturated carbocycles. The van der Waals surface area contributed by atoms with E-state index in [1.165, 1.54) is 0 Å². The number of hydrogen-bond donors (Lipinski definition) is 2. The second kappa shape index (κ2) is 24.7. The van der Waals surface area contributed by atoms with E-state index < -0.39 is 6.16 Å². The zero-order valence-electron chi connectivity index (χ0n) is 23.8. The molecular formula is C28H39ClIN5O7. The molecule has 0 saturated heterocycles. The molecule has 1 aromatic carbocycles. The van der Waals surface area contributed by atoms with E-state index in [0.717, 1.165) is 31.4 Å². The Balaban J connectivity index is 0.00000882. The minimum Gasteiger partial charge on any atom is -1.00 e. The maximum Gasteiger partial charge on any atom is 0.513 e. The van der Waals surface area contributed by atoms with Crippen LogP contribution >= 0.6 is 11.6 Å². The number of rotatable bonds is 20. The molecule has 0 aliphatic heterocycles. The first-order valence-corrected chi connectivity index (χ1v) is 13.8. The van der Waals surface area contributed by atoms with Gasteiger partial charge in [0.25, 0.3) is 6.73 Å². The third-order valence-corrected chi connectivity index (χ3v) is 5.57. The molecule has 42 heavy (non-hydrogen) atoms. The highest BCUT2D eigenvalue weighted by Gasteiger charge is 2.09. The van der Waals surface area contributed by atoms with Crippen LogP contribution in [0.5, 0.6) is 5.75 Å². The number of unbranched alkanes of at least 4 members (excludes halogenated alkanes) is 3. The summed E-state index contributed by atoms with van der Waals surface area (Å²) in [4.78, 5) is 16.2. The molecule has 0 spiro atoms. The first-order valence-electron chi connectivity index (χ1n) is 13.4. The molecule has 0 aliphatic carbocycles. The maximum atomic E-state index is 11.7. The molecule has 0 atom stereocenters. The summed E-state index contributed by atoms with van der Waals surface area (Å²) in [5.74, 6) is 1.17. The zero-order valence-corrected chi connectivity index (χ0v) is 26.7. The van der Waals surface area contributed by atoms with Gasteiger partial charge in [-0.15, -0.1) is 0 Å².